The van der Waals surface area contributed by atoms with Crippen LogP contribution in [0, 0.1) is 5.41 Å². The predicted molar refractivity (Wildman–Crippen MR) is 36.8 cm³/mol. The van der Waals surface area contributed by atoms with Gasteiger partial charge in [0.2, 0.25) is 0 Å². The van der Waals surface area contributed by atoms with Crippen LogP contribution in [-0.4, -0.2) is 13.2 Å². The Balaban J connectivity index is 2.35. The molecule has 0 radical (unpaired) electrons. The molecule has 0 saturated carbocycles. The van der Waals surface area contributed by atoms with Gasteiger partial charge in [-0.3, -0.25) is 5.50 Å². The van der Waals surface area contributed by atoms with Crippen molar-refractivity contribution in [2.24, 2.45) is 10.9 Å². The third-order valence-corrected chi connectivity index (χ3v) is 1.93. The number of rotatable bonds is 0. The van der Waals surface area contributed by atoms with Crippen LogP contribution >= 0.6 is 8.53 Å². The minimum Gasteiger partial charge on any atom is -0.322 e. The van der Waals surface area contributed by atoms with E-state index < -0.39 is 8.53 Å². The van der Waals surface area contributed by atoms with Crippen LogP contribution in [-0.2, 0) is 9.05 Å². The maximum absolute atomic E-state index is 5.38. The van der Waals surface area contributed by atoms with Crippen molar-refractivity contribution in [3.05, 3.63) is 0 Å². The van der Waals surface area contributed by atoms with Gasteiger partial charge in [0.25, 0.3) is 8.53 Å². The first kappa shape index (κ1) is 7.42. The summed E-state index contributed by atoms with van der Waals surface area (Å²) < 4.78 is 10.2. The lowest BCUT2D eigenvalue weighted by Crippen LogP contribution is -2.29. The summed E-state index contributed by atoms with van der Waals surface area (Å²) in [6.07, 6.45) is 0. The highest BCUT2D eigenvalue weighted by Gasteiger charge is 2.26. The zero-order valence-corrected chi connectivity index (χ0v) is 6.65. The van der Waals surface area contributed by atoms with Crippen molar-refractivity contribution in [2.45, 2.75) is 13.8 Å². The van der Waals surface area contributed by atoms with Crippen LogP contribution in [0.25, 0.3) is 0 Å². The van der Waals surface area contributed by atoms with E-state index in [1.54, 1.807) is 0 Å². The van der Waals surface area contributed by atoms with Crippen LogP contribution in [0.2, 0.25) is 0 Å². The molecule has 9 heavy (non-hydrogen) atoms. The zero-order valence-electron chi connectivity index (χ0n) is 5.76. The van der Waals surface area contributed by atoms with Gasteiger partial charge in [0, 0.05) is 5.41 Å². The van der Waals surface area contributed by atoms with Crippen LogP contribution in [0.5, 0.6) is 0 Å². The first-order chi connectivity index (χ1) is 4.10. The Bertz CT molecular complexity index is 97.1. The molecule has 2 N–H and O–H groups in total. The molecule has 0 bridgehead atoms. The molecule has 0 aliphatic carbocycles. The smallest absolute Gasteiger partial charge is 0.252 e. The molecular weight excluding hydrogens is 137 g/mol. The molecule has 0 spiro atoms. The van der Waals surface area contributed by atoms with E-state index in [1.165, 1.54) is 0 Å². The molecule has 1 aliphatic rings. The van der Waals surface area contributed by atoms with E-state index in [0.717, 1.165) is 13.2 Å². The molecule has 1 aliphatic heterocycles. The normalized spacial score (nSPS) is 28.3. The monoisotopic (exact) mass is 149 g/mol. The Morgan fingerprint density at radius 1 is 1.33 bits per heavy atom. The molecular formula is C5H12NO2P. The summed E-state index contributed by atoms with van der Waals surface area (Å²) in [5.74, 6) is 0. The fourth-order valence-electron chi connectivity index (χ4n) is 0.556. The molecule has 0 atom stereocenters. The standard InChI is InChI=1S/C5H12NO2P/c1-5(2)3-7-9(6)8-4-5/h3-4,6H2,1-2H3. The van der Waals surface area contributed by atoms with Gasteiger partial charge in [0.15, 0.2) is 0 Å². The maximum Gasteiger partial charge on any atom is 0.252 e. The third kappa shape index (κ3) is 2.18. The van der Waals surface area contributed by atoms with Crippen LogP contribution in [0.3, 0.4) is 0 Å². The topological polar surface area (TPSA) is 44.5 Å². The Morgan fingerprint density at radius 2 is 1.78 bits per heavy atom. The van der Waals surface area contributed by atoms with Crippen molar-refractivity contribution in [3.8, 4) is 0 Å². The fraction of sp³-hybridized carbons (Fsp3) is 1.00. The second-order valence-electron chi connectivity index (χ2n) is 3.00. The molecule has 1 fully saturated rings. The lowest BCUT2D eigenvalue weighted by Gasteiger charge is -2.31. The first-order valence-electron chi connectivity index (χ1n) is 2.91. The van der Waals surface area contributed by atoms with Gasteiger partial charge < -0.3 is 9.05 Å². The summed E-state index contributed by atoms with van der Waals surface area (Å²) >= 11 is 0. The quantitative estimate of drug-likeness (QED) is 0.527. The summed E-state index contributed by atoms with van der Waals surface area (Å²) in [5, 5.41) is 0. The van der Waals surface area contributed by atoms with Crippen LogP contribution < -0.4 is 5.50 Å². The average molecular weight is 149 g/mol. The number of nitrogens with two attached hydrogens (primary N) is 1. The van der Waals surface area contributed by atoms with Crippen LogP contribution in [0.15, 0.2) is 0 Å². The number of hydrogen-bond donors (Lipinski definition) is 1. The van der Waals surface area contributed by atoms with E-state index in [0.29, 0.717) is 0 Å². The van der Waals surface area contributed by atoms with Crippen molar-refractivity contribution >= 4 is 8.53 Å². The third-order valence-electron chi connectivity index (χ3n) is 1.17. The Hall–Kier alpha value is 0.310. The molecule has 4 heteroatoms. The summed E-state index contributed by atoms with van der Waals surface area (Å²) in [6, 6.07) is 0. The molecule has 1 saturated heterocycles. The van der Waals surface area contributed by atoms with Crippen LogP contribution in [0.4, 0.5) is 0 Å². The van der Waals surface area contributed by atoms with Gasteiger partial charge in [-0.1, -0.05) is 13.8 Å². The zero-order chi connectivity index (χ0) is 6.91. The molecule has 3 nitrogen and oxygen atoms in total. The van der Waals surface area contributed by atoms with Gasteiger partial charge in [0.1, 0.15) is 0 Å². The van der Waals surface area contributed by atoms with E-state index in [-0.39, 0.29) is 5.41 Å². The minimum absolute atomic E-state index is 0.151. The van der Waals surface area contributed by atoms with Gasteiger partial charge in [-0.2, -0.15) is 0 Å². The predicted octanol–water partition coefficient (Wildman–Crippen LogP) is 1.24. The van der Waals surface area contributed by atoms with E-state index >= 15 is 0 Å². The highest BCUT2D eigenvalue weighted by atomic mass is 31.2. The van der Waals surface area contributed by atoms with Crippen LogP contribution in [0.1, 0.15) is 13.8 Å². The van der Waals surface area contributed by atoms with Gasteiger partial charge in [0.05, 0.1) is 13.2 Å². The van der Waals surface area contributed by atoms with E-state index in [1.807, 2.05) is 0 Å². The molecule has 1 heterocycles. The van der Waals surface area contributed by atoms with Gasteiger partial charge in [-0.15, -0.1) is 0 Å². The lowest BCUT2D eigenvalue weighted by atomic mass is 9.97. The summed E-state index contributed by atoms with van der Waals surface area (Å²) in [6.45, 7) is 5.62. The molecule has 0 unspecified atom stereocenters. The lowest BCUT2D eigenvalue weighted by molar-refractivity contribution is 0.0618. The Morgan fingerprint density at radius 3 is 2.11 bits per heavy atom. The van der Waals surface area contributed by atoms with Crippen molar-refractivity contribution in [1.29, 1.82) is 0 Å². The highest BCUT2D eigenvalue weighted by Crippen LogP contribution is 2.38. The van der Waals surface area contributed by atoms with Crippen molar-refractivity contribution < 1.29 is 9.05 Å². The van der Waals surface area contributed by atoms with E-state index in [4.69, 9.17) is 14.6 Å². The Labute approximate surface area is 56.5 Å². The molecule has 54 valence electrons. The number of hydrogen-bond acceptors (Lipinski definition) is 3. The minimum atomic E-state index is -1.05. The highest BCUT2D eigenvalue weighted by molar-refractivity contribution is 7.44. The van der Waals surface area contributed by atoms with Crippen molar-refractivity contribution in [1.82, 2.24) is 0 Å². The molecule has 0 aromatic rings. The summed E-state index contributed by atoms with van der Waals surface area (Å²) in [4.78, 5) is 0. The average Bonchev–Trinajstić information content (AvgIpc) is 1.78. The Kier molecular flexibility index (Phi) is 2.07. The van der Waals surface area contributed by atoms with Gasteiger partial charge in [-0.25, -0.2) is 0 Å². The van der Waals surface area contributed by atoms with Crippen molar-refractivity contribution in [3.63, 3.8) is 0 Å². The largest absolute Gasteiger partial charge is 0.322 e. The maximum atomic E-state index is 5.38. The summed E-state index contributed by atoms with van der Waals surface area (Å²) in [7, 11) is -1.05. The van der Waals surface area contributed by atoms with Crippen molar-refractivity contribution in [2.75, 3.05) is 13.2 Å². The summed E-state index contributed by atoms with van der Waals surface area (Å²) in [5.41, 5.74) is 5.53. The van der Waals surface area contributed by atoms with Gasteiger partial charge >= 0.3 is 0 Å². The molecule has 0 aromatic carbocycles. The molecule has 0 amide bonds. The van der Waals surface area contributed by atoms with E-state index in [2.05, 4.69) is 13.8 Å². The first-order valence-corrected chi connectivity index (χ1v) is 4.15. The fourth-order valence-corrected chi connectivity index (χ4v) is 1.58. The van der Waals surface area contributed by atoms with Gasteiger partial charge in [-0.05, 0) is 0 Å². The molecule has 1 rings (SSSR count). The SMILES string of the molecule is CC1(C)COP(N)OC1. The second kappa shape index (κ2) is 2.51. The van der Waals surface area contributed by atoms with E-state index in [9.17, 15) is 0 Å². The second-order valence-corrected chi connectivity index (χ2v) is 4.08. The molecule has 0 aromatic heterocycles.